The van der Waals surface area contributed by atoms with Crippen molar-refractivity contribution in [3.63, 3.8) is 0 Å². The molecule has 0 saturated carbocycles. The molecule has 224 valence electrons. The largest absolute Gasteiger partial charge is 0.497 e. The van der Waals surface area contributed by atoms with Gasteiger partial charge >= 0.3 is 0 Å². The number of methoxy groups -OCH3 is 2. The molecule has 0 aliphatic rings. The summed E-state index contributed by atoms with van der Waals surface area (Å²) in [5, 5.41) is 5.02. The van der Waals surface area contributed by atoms with Gasteiger partial charge in [0.05, 0.1) is 35.5 Å². The van der Waals surface area contributed by atoms with E-state index in [1.165, 1.54) is 44.7 Å². The third kappa shape index (κ3) is 8.20. The highest BCUT2D eigenvalue weighted by atomic mass is 79.9. The number of carbonyl (C=O) groups is 1. The lowest BCUT2D eigenvalue weighted by atomic mass is 10.2. The zero-order valence-electron chi connectivity index (χ0n) is 23.0. The lowest BCUT2D eigenvalue weighted by Crippen LogP contribution is -2.39. The lowest BCUT2D eigenvalue weighted by Gasteiger charge is -2.23. The minimum atomic E-state index is -4.09. The molecule has 0 spiro atoms. The summed E-state index contributed by atoms with van der Waals surface area (Å²) in [4.78, 5) is 12.9. The van der Waals surface area contributed by atoms with Crippen LogP contribution in [0.4, 0.5) is 5.69 Å². The fraction of sp³-hybridized carbons (Fsp3) is 0.133. The van der Waals surface area contributed by atoms with Crippen molar-refractivity contribution in [3.05, 3.63) is 111 Å². The maximum Gasteiger partial charge on any atom is 0.264 e. The molecule has 0 aliphatic carbocycles. The van der Waals surface area contributed by atoms with E-state index < -0.39 is 22.5 Å². The number of nitrogens with one attached hydrogen (secondary N) is 1. The first-order valence-corrected chi connectivity index (χ1v) is 15.6. The second-order valence-corrected chi connectivity index (χ2v) is 12.4. The van der Waals surface area contributed by atoms with E-state index in [0.717, 1.165) is 9.87 Å². The van der Waals surface area contributed by atoms with Gasteiger partial charge in [-0.2, -0.15) is 5.10 Å². The topological polar surface area (TPSA) is 107 Å². The number of anilines is 1. The number of hydrogen-bond acceptors (Lipinski definition) is 7. The molecular formula is C30H26BrCl2N3O6S. The Kier molecular flexibility index (Phi) is 10.9. The van der Waals surface area contributed by atoms with Crippen LogP contribution in [0.15, 0.2) is 99.4 Å². The number of sulfonamides is 1. The summed E-state index contributed by atoms with van der Waals surface area (Å²) >= 11 is 15.7. The van der Waals surface area contributed by atoms with Gasteiger partial charge < -0.3 is 14.2 Å². The van der Waals surface area contributed by atoms with Gasteiger partial charge in [-0.3, -0.25) is 9.10 Å². The van der Waals surface area contributed by atoms with Crippen LogP contribution >= 0.6 is 39.1 Å². The van der Waals surface area contributed by atoms with Crippen LogP contribution in [0.25, 0.3) is 0 Å². The van der Waals surface area contributed by atoms with Crippen molar-refractivity contribution < 1.29 is 27.4 Å². The Morgan fingerprint density at radius 3 is 2.35 bits per heavy atom. The summed E-state index contributed by atoms with van der Waals surface area (Å²) in [6, 6.07) is 22.8. The molecule has 0 aromatic heterocycles. The van der Waals surface area contributed by atoms with E-state index in [1.54, 1.807) is 60.7 Å². The number of rotatable bonds is 12. The lowest BCUT2D eigenvalue weighted by molar-refractivity contribution is -0.119. The van der Waals surface area contributed by atoms with Crippen LogP contribution < -0.4 is 23.9 Å². The van der Waals surface area contributed by atoms with E-state index in [9.17, 15) is 13.2 Å². The second kappa shape index (κ2) is 14.6. The van der Waals surface area contributed by atoms with Gasteiger partial charge in [-0.05, 0) is 82.2 Å². The summed E-state index contributed by atoms with van der Waals surface area (Å²) < 4.78 is 45.2. The van der Waals surface area contributed by atoms with Gasteiger partial charge in [0.15, 0.2) is 11.5 Å². The number of carbonyl (C=O) groups excluding carboxylic acids is 1. The van der Waals surface area contributed by atoms with E-state index in [1.807, 2.05) is 0 Å². The van der Waals surface area contributed by atoms with Crippen LogP contribution in [0, 0.1) is 0 Å². The number of halogens is 3. The maximum atomic E-state index is 13.5. The number of hydrazone groups is 1. The van der Waals surface area contributed by atoms with Crippen molar-refractivity contribution in [1.82, 2.24) is 5.43 Å². The summed E-state index contributed by atoms with van der Waals surface area (Å²) in [7, 11) is -1.11. The highest BCUT2D eigenvalue weighted by Crippen LogP contribution is 2.37. The molecule has 0 heterocycles. The highest BCUT2D eigenvalue weighted by molar-refractivity contribution is 9.10. The predicted molar refractivity (Wildman–Crippen MR) is 171 cm³/mol. The van der Waals surface area contributed by atoms with Crippen LogP contribution in [0.5, 0.6) is 17.2 Å². The van der Waals surface area contributed by atoms with Crippen LogP contribution in [0.3, 0.4) is 0 Å². The molecular weight excluding hydrogens is 681 g/mol. The molecule has 0 atom stereocenters. The average Bonchev–Trinajstić information content (AvgIpc) is 3.00. The Bertz CT molecular complexity index is 1720. The van der Waals surface area contributed by atoms with Gasteiger partial charge in [-0.15, -0.1) is 0 Å². The molecule has 4 aromatic rings. The predicted octanol–water partition coefficient (Wildman–Crippen LogP) is 6.70. The van der Waals surface area contributed by atoms with Crippen molar-refractivity contribution >= 4 is 67.0 Å². The summed E-state index contributed by atoms with van der Waals surface area (Å²) in [6.07, 6.45) is 1.40. The number of amides is 1. The molecule has 1 amide bonds. The number of ether oxygens (including phenoxy) is 3. The van der Waals surface area contributed by atoms with Crippen molar-refractivity contribution in [2.24, 2.45) is 5.10 Å². The number of nitrogens with zero attached hydrogens (tertiary/aromatic N) is 2. The first-order chi connectivity index (χ1) is 20.6. The van der Waals surface area contributed by atoms with Gasteiger partial charge in [0, 0.05) is 15.6 Å². The molecule has 0 radical (unpaired) electrons. The van der Waals surface area contributed by atoms with E-state index in [4.69, 9.17) is 37.4 Å². The molecule has 0 fully saturated rings. The Balaban J connectivity index is 1.47. The molecule has 4 aromatic carbocycles. The molecule has 0 saturated heterocycles. The zero-order chi connectivity index (χ0) is 31.0. The van der Waals surface area contributed by atoms with E-state index in [2.05, 4.69) is 26.5 Å². The summed E-state index contributed by atoms with van der Waals surface area (Å²) in [5.41, 5.74) is 4.03. The molecule has 9 nitrogen and oxygen atoms in total. The van der Waals surface area contributed by atoms with E-state index in [0.29, 0.717) is 43.0 Å². The van der Waals surface area contributed by atoms with Crippen LogP contribution in [-0.2, 0) is 21.4 Å². The molecule has 0 unspecified atom stereocenters. The summed E-state index contributed by atoms with van der Waals surface area (Å²) in [5.74, 6) is 0.708. The molecule has 43 heavy (non-hydrogen) atoms. The molecule has 13 heteroatoms. The monoisotopic (exact) mass is 705 g/mol. The number of benzene rings is 4. The van der Waals surface area contributed by atoms with Crippen molar-refractivity contribution in [1.29, 1.82) is 0 Å². The molecule has 1 N–H and O–H groups in total. The van der Waals surface area contributed by atoms with Crippen molar-refractivity contribution in [2.45, 2.75) is 11.5 Å². The number of hydrogen-bond donors (Lipinski definition) is 1. The smallest absolute Gasteiger partial charge is 0.264 e. The van der Waals surface area contributed by atoms with Gasteiger partial charge in [0.1, 0.15) is 18.9 Å². The first-order valence-electron chi connectivity index (χ1n) is 12.6. The normalized spacial score (nSPS) is 11.3. The van der Waals surface area contributed by atoms with E-state index in [-0.39, 0.29) is 11.5 Å². The summed E-state index contributed by atoms with van der Waals surface area (Å²) in [6.45, 7) is -0.339. The molecule has 0 bridgehead atoms. The van der Waals surface area contributed by atoms with E-state index >= 15 is 0 Å². The Hall–Kier alpha value is -3.77. The van der Waals surface area contributed by atoms with Crippen molar-refractivity contribution in [3.8, 4) is 17.2 Å². The maximum absolute atomic E-state index is 13.5. The third-order valence-corrected chi connectivity index (χ3v) is 8.98. The average molecular weight is 707 g/mol. The van der Waals surface area contributed by atoms with Crippen LogP contribution in [0.2, 0.25) is 10.0 Å². The molecule has 0 aliphatic heterocycles. The number of para-hydroxylation sites is 1. The zero-order valence-corrected chi connectivity index (χ0v) is 26.9. The second-order valence-electron chi connectivity index (χ2n) is 8.87. The van der Waals surface area contributed by atoms with Gasteiger partial charge in [0.25, 0.3) is 15.9 Å². The molecule has 4 rings (SSSR count). The fourth-order valence-electron chi connectivity index (χ4n) is 3.87. The highest BCUT2D eigenvalue weighted by Gasteiger charge is 2.27. The van der Waals surface area contributed by atoms with Gasteiger partial charge in [0.2, 0.25) is 0 Å². The Morgan fingerprint density at radius 1 is 0.977 bits per heavy atom. The minimum Gasteiger partial charge on any atom is -0.497 e. The van der Waals surface area contributed by atoms with Crippen LogP contribution in [-0.4, -0.2) is 41.3 Å². The fourth-order valence-corrected chi connectivity index (χ4v) is 6.33. The van der Waals surface area contributed by atoms with Crippen molar-refractivity contribution in [2.75, 3.05) is 25.1 Å². The quantitative estimate of drug-likeness (QED) is 0.130. The first kappa shape index (κ1) is 32.2. The van der Waals surface area contributed by atoms with Gasteiger partial charge in [-0.25, -0.2) is 13.8 Å². The Morgan fingerprint density at radius 2 is 1.70 bits per heavy atom. The Labute approximate surface area is 268 Å². The van der Waals surface area contributed by atoms with Crippen LogP contribution in [0.1, 0.15) is 11.1 Å². The SMILES string of the molecule is COc1ccc(S(=O)(=O)N(CC(=O)N/N=C\c2cc(Br)c(OCc3ccc(Cl)cc3Cl)c(OC)c2)c2ccccc2)cc1. The third-order valence-electron chi connectivity index (χ3n) is 6.02. The van der Waals surface area contributed by atoms with Gasteiger partial charge in [-0.1, -0.05) is 47.5 Å². The minimum absolute atomic E-state index is 0.00559. The standard InChI is InChI=1S/C30H26BrCl2N3O6S/c1-40-24-10-12-25(13-11-24)43(38,39)36(23-6-4-3-5-7-23)18-29(37)35-34-17-20-14-26(31)30(28(15-20)41-2)42-19-21-8-9-22(32)16-27(21)33/h3-17H,18-19H2,1-2H3,(H,35,37)/b34-17-.